The summed E-state index contributed by atoms with van der Waals surface area (Å²) in [6.07, 6.45) is 0.634. The van der Waals surface area contributed by atoms with Gasteiger partial charge in [-0.05, 0) is 31.0 Å². The van der Waals surface area contributed by atoms with E-state index in [4.69, 9.17) is 16.0 Å². The maximum atomic E-state index is 9.67. The summed E-state index contributed by atoms with van der Waals surface area (Å²) in [7, 11) is 0. The molecule has 120 valence electrons. The van der Waals surface area contributed by atoms with E-state index in [0.29, 0.717) is 40.2 Å². The zero-order chi connectivity index (χ0) is 16.4. The van der Waals surface area contributed by atoms with Crippen molar-refractivity contribution in [1.29, 1.82) is 0 Å². The number of aliphatic hydroxyl groups excluding tert-OH is 1. The molecule has 1 aromatic carbocycles. The first-order valence-electron chi connectivity index (χ1n) is 7.29. The normalized spacial score (nSPS) is 12.5. The molecule has 0 radical (unpaired) electrons. The molecule has 3 rings (SSSR count). The number of anilines is 1. The Morgan fingerprint density at radius 1 is 1.17 bits per heavy atom. The molecule has 7 heteroatoms. The summed E-state index contributed by atoms with van der Waals surface area (Å²) in [5.74, 6) is 1.68. The van der Waals surface area contributed by atoms with Crippen LogP contribution >= 0.6 is 11.6 Å². The lowest BCUT2D eigenvalue weighted by atomic mass is 10.1. The van der Waals surface area contributed by atoms with Crippen molar-refractivity contribution >= 4 is 28.6 Å². The summed E-state index contributed by atoms with van der Waals surface area (Å²) in [5.41, 5.74) is 2.09. The van der Waals surface area contributed by atoms with Crippen molar-refractivity contribution in [2.24, 2.45) is 0 Å². The van der Waals surface area contributed by atoms with Gasteiger partial charge in [-0.2, -0.15) is 4.98 Å². The third-order valence-corrected chi connectivity index (χ3v) is 3.69. The van der Waals surface area contributed by atoms with Crippen LogP contribution in [0.15, 0.2) is 28.7 Å². The van der Waals surface area contributed by atoms with Crippen molar-refractivity contribution in [1.82, 2.24) is 15.0 Å². The van der Waals surface area contributed by atoms with Crippen LogP contribution < -0.4 is 5.32 Å². The van der Waals surface area contributed by atoms with E-state index in [1.165, 1.54) is 0 Å². The molecule has 0 aliphatic carbocycles. The Labute approximate surface area is 138 Å². The highest BCUT2D eigenvalue weighted by atomic mass is 35.5. The van der Waals surface area contributed by atoms with Crippen LogP contribution in [0, 0.1) is 13.8 Å². The van der Waals surface area contributed by atoms with E-state index < -0.39 is 0 Å². The fraction of sp³-hybridized carbons (Fsp3) is 0.312. The van der Waals surface area contributed by atoms with Gasteiger partial charge in [-0.1, -0.05) is 23.7 Å². The number of oxazole rings is 1. The monoisotopic (exact) mass is 332 g/mol. The molecule has 2 N–H and O–H groups in total. The Morgan fingerprint density at radius 3 is 2.61 bits per heavy atom. The molecular formula is C16H17ClN4O2. The quantitative estimate of drug-likeness (QED) is 0.747. The Balaban J connectivity index is 1.85. The predicted molar refractivity (Wildman–Crippen MR) is 88.7 cm³/mol. The molecule has 0 saturated heterocycles. The maximum Gasteiger partial charge on any atom is 0.252 e. The van der Waals surface area contributed by atoms with E-state index in [2.05, 4.69) is 20.3 Å². The number of fused-ring (bicyclic) bond motifs is 1. The second-order valence-corrected chi connectivity index (χ2v) is 5.80. The Bertz CT molecular complexity index is 817. The van der Waals surface area contributed by atoms with Crippen LogP contribution in [-0.2, 0) is 6.42 Å². The first-order valence-corrected chi connectivity index (χ1v) is 7.66. The fourth-order valence-electron chi connectivity index (χ4n) is 2.39. The average Bonchev–Trinajstić information content (AvgIpc) is 2.89. The van der Waals surface area contributed by atoms with E-state index in [1.54, 1.807) is 13.8 Å². The standard InChI is InChI=1S/C16H17ClN4O2/c1-9-18-15(14-16(19-9)23-10(2)20-14)21-13(8-22)7-11-3-5-12(17)6-4-11/h3-6,13,22H,7-8H2,1-2H3,(H,18,19,21)/t13-/m0/s1. The molecule has 2 aromatic heterocycles. The van der Waals surface area contributed by atoms with Crippen LogP contribution in [0.5, 0.6) is 0 Å². The van der Waals surface area contributed by atoms with Crippen LogP contribution in [-0.4, -0.2) is 32.7 Å². The van der Waals surface area contributed by atoms with Crippen LogP contribution in [0.25, 0.3) is 11.2 Å². The molecule has 2 heterocycles. The minimum Gasteiger partial charge on any atom is -0.422 e. The molecule has 0 amide bonds. The van der Waals surface area contributed by atoms with Crippen LogP contribution in [0.1, 0.15) is 17.3 Å². The van der Waals surface area contributed by atoms with E-state index in [1.807, 2.05) is 24.3 Å². The second-order valence-electron chi connectivity index (χ2n) is 5.36. The Morgan fingerprint density at radius 2 is 1.91 bits per heavy atom. The fourth-order valence-corrected chi connectivity index (χ4v) is 2.52. The van der Waals surface area contributed by atoms with Crippen molar-refractivity contribution in [2.45, 2.75) is 26.3 Å². The molecule has 23 heavy (non-hydrogen) atoms. The third kappa shape index (κ3) is 3.60. The van der Waals surface area contributed by atoms with Gasteiger partial charge < -0.3 is 14.8 Å². The van der Waals surface area contributed by atoms with Gasteiger partial charge in [-0.15, -0.1) is 0 Å². The minimum atomic E-state index is -0.203. The van der Waals surface area contributed by atoms with Crippen LogP contribution in [0.3, 0.4) is 0 Å². The van der Waals surface area contributed by atoms with Crippen molar-refractivity contribution < 1.29 is 9.52 Å². The first-order chi connectivity index (χ1) is 11.0. The topological polar surface area (TPSA) is 84.1 Å². The molecule has 0 unspecified atom stereocenters. The number of halogens is 1. The number of benzene rings is 1. The average molecular weight is 333 g/mol. The van der Waals surface area contributed by atoms with Gasteiger partial charge in [0.15, 0.2) is 17.2 Å². The summed E-state index contributed by atoms with van der Waals surface area (Å²) in [6, 6.07) is 7.34. The van der Waals surface area contributed by atoms with Gasteiger partial charge >= 0.3 is 0 Å². The molecule has 0 bridgehead atoms. The van der Waals surface area contributed by atoms with Gasteiger partial charge in [-0.3, -0.25) is 0 Å². The SMILES string of the molecule is Cc1nc(N[C@H](CO)Cc2ccc(Cl)cc2)c2nc(C)oc2n1. The Hall–Kier alpha value is -2.18. The lowest BCUT2D eigenvalue weighted by molar-refractivity contribution is 0.273. The van der Waals surface area contributed by atoms with Gasteiger partial charge in [0.05, 0.1) is 12.6 Å². The first kappa shape index (κ1) is 15.7. The van der Waals surface area contributed by atoms with Crippen LogP contribution in [0.2, 0.25) is 5.02 Å². The molecule has 0 fully saturated rings. The zero-order valence-corrected chi connectivity index (χ0v) is 13.6. The summed E-state index contributed by atoms with van der Waals surface area (Å²) < 4.78 is 5.46. The highest BCUT2D eigenvalue weighted by molar-refractivity contribution is 6.30. The minimum absolute atomic E-state index is 0.0377. The van der Waals surface area contributed by atoms with E-state index >= 15 is 0 Å². The van der Waals surface area contributed by atoms with Gasteiger partial charge in [0, 0.05) is 11.9 Å². The van der Waals surface area contributed by atoms with Crippen molar-refractivity contribution in [3.05, 3.63) is 46.6 Å². The highest BCUT2D eigenvalue weighted by Gasteiger charge is 2.16. The number of aliphatic hydroxyl groups is 1. The highest BCUT2D eigenvalue weighted by Crippen LogP contribution is 2.22. The lowest BCUT2D eigenvalue weighted by Crippen LogP contribution is -2.27. The predicted octanol–water partition coefficient (Wildman–Crippen LogP) is 2.90. The third-order valence-electron chi connectivity index (χ3n) is 3.43. The summed E-state index contributed by atoms with van der Waals surface area (Å²) >= 11 is 5.90. The van der Waals surface area contributed by atoms with Crippen molar-refractivity contribution in [3.63, 3.8) is 0 Å². The number of aromatic nitrogens is 3. The number of aryl methyl sites for hydroxylation is 2. The number of nitrogens with zero attached hydrogens (tertiary/aromatic N) is 3. The van der Waals surface area contributed by atoms with Gasteiger partial charge in [0.1, 0.15) is 5.82 Å². The molecule has 6 nitrogen and oxygen atoms in total. The molecule has 0 aliphatic heterocycles. The van der Waals surface area contributed by atoms with Crippen LogP contribution in [0.4, 0.5) is 5.82 Å². The molecule has 0 saturated carbocycles. The molecule has 3 aromatic rings. The smallest absolute Gasteiger partial charge is 0.252 e. The largest absolute Gasteiger partial charge is 0.422 e. The number of nitrogens with one attached hydrogen (secondary N) is 1. The van der Waals surface area contributed by atoms with E-state index in [9.17, 15) is 5.11 Å². The number of hydrogen-bond acceptors (Lipinski definition) is 6. The number of rotatable bonds is 5. The molecule has 0 spiro atoms. The Kier molecular flexibility index (Phi) is 4.45. The summed E-state index contributed by atoms with van der Waals surface area (Å²) in [4.78, 5) is 12.9. The molecule has 0 aliphatic rings. The summed E-state index contributed by atoms with van der Waals surface area (Å²) in [6.45, 7) is 3.51. The second kappa shape index (κ2) is 6.52. The zero-order valence-electron chi connectivity index (χ0n) is 12.9. The van der Waals surface area contributed by atoms with Crippen molar-refractivity contribution in [3.8, 4) is 0 Å². The van der Waals surface area contributed by atoms with E-state index in [0.717, 1.165) is 5.56 Å². The maximum absolute atomic E-state index is 9.67. The summed E-state index contributed by atoms with van der Waals surface area (Å²) in [5, 5.41) is 13.6. The van der Waals surface area contributed by atoms with Crippen molar-refractivity contribution in [2.75, 3.05) is 11.9 Å². The van der Waals surface area contributed by atoms with Gasteiger partial charge in [0.2, 0.25) is 0 Å². The lowest BCUT2D eigenvalue weighted by Gasteiger charge is -2.17. The van der Waals surface area contributed by atoms with Gasteiger partial charge in [-0.25, -0.2) is 9.97 Å². The molecule has 1 atom stereocenters. The molecular weight excluding hydrogens is 316 g/mol. The van der Waals surface area contributed by atoms with E-state index in [-0.39, 0.29) is 12.6 Å². The number of hydrogen-bond donors (Lipinski definition) is 2. The van der Waals surface area contributed by atoms with Gasteiger partial charge in [0.25, 0.3) is 5.71 Å².